The molecular weight excluding hydrogens is 212 g/mol. The zero-order valence-corrected chi connectivity index (χ0v) is 10.3. The Morgan fingerprint density at radius 2 is 2.06 bits per heavy atom. The van der Waals surface area contributed by atoms with Crippen LogP contribution in [0.1, 0.15) is 24.2 Å². The minimum absolute atomic E-state index is 0.504. The second-order valence-corrected chi connectivity index (χ2v) is 4.24. The molecule has 4 nitrogen and oxygen atoms in total. The maximum atomic E-state index is 4.17. The van der Waals surface area contributed by atoms with E-state index in [0.717, 1.165) is 18.9 Å². The normalized spacial score (nSPS) is 12.6. The Labute approximate surface area is 102 Å². The van der Waals surface area contributed by atoms with E-state index in [2.05, 4.69) is 46.6 Å². The van der Waals surface area contributed by atoms with Crippen molar-refractivity contribution in [2.45, 2.75) is 19.4 Å². The van der Waals surface area contributed by atoms with E-state index >= 15 is 0 Å². The smallest absolute Gasteiger partial charge is 0.140 e. The van der Waals surface area contributed by atoms with Gasteiger partial charge in [0.1, 0.15) is 12.2 Å². The second-order valence-electron chi connectivity index (χ2n) is 4.24. The summed E-state index contributed by atoms with van der Waals surface area (Å²) in [7, 11) is 1.91. The molecule has 0 bridgehead atoms. The van der Waals surface area contributed by atoms with E-state index in [9.17, 15) is 0 Å². The molecule has 1 atom stereocenters. The monoisotopic (exact) mass is 230 g/mol. The van der Waals surface area contributed by atoms with Gasteiger partial charge in [-0.3, -0.25) is 4.68 Å². The lowest BCUT2D eigenvalue weighted by Crippen LogP contribution is -2.21. The first-order valence-corrected chi connectivity index (χ1v) is 5.86. The Morgan fingerprint density at radius 3 is 2.71 bits per heavy atom. The molecule has 4 heteroatoms. The van der Waals surface area contributed by atoms with Crippen LogP contribution in [0.5, 0.6) is 0 Å². The van der Waals surface area contributed by atoms with Gasteiger partial charge in [-0.2, -0.15) is 5.10 Å². The number of aryl methyl sites for hydroxylation is 1. The number of benzene rings is 1. The van der Waals surface area contributed by atoms with E-state index in [4.69, 9.17) is 0 Å². The summed E-state index contributed by atoms with van der Waals surface area (Å²) in [5.74, 6) is 1.47. The summed E-state index contributed by atoms with van der Waals surface area (Å²) in [6.45, 7) is 3.92. The van der Waals surface area contributed by atoms with Gasteiger partial charge in [-0.05, 0) is 11.5 Å². The van der Waals surface area contributed by atoms with Gasteiger partial charge in [0.2, 0.25) is 0 Å². The van der Waals surface area contributed by atoms with Crippen molar-refractivity contribution in [3.63, 3.8) is 0 Å². The van der Waals surface area contributed by atoms with Crippen molar-refractivity contribution in [3.05, 3.63) is 48.0 Å². The third-order valence-electron chi connectivity index (χ3n) is 2.91. The van der Waals surface area contributed by atoms with Crippen LogP contribution in [-0.2, 0) is 13.6 Å². The van der Waals surface area contributed by atoms with Crippen LogP contribution < -0.4 is 5.32 Å². The number of hydrogen-bond acceptors (Lipinski definition) is 3. The Hall–Kier alpha value is -1.68. The van der Waals surface area contributed by atoms with Gasteiger partial charge >= 0.3 is 0 Å². The molecule has 1 heterocycles. The quantitative estimate of drug-likeness (QED) is 0.850. The molecule has 0 saturated carbocycles. The van der Waals surface area contributed by atoms with Crippen LogP contribution in [0.3, 0.4) is 0 Å². The predicted octanol–water partition coefficient (Wildman–Crippen LogP) is 1.71. The van der Waals surface area contributed by atoms with Gasteiger partial charge < -0.3 is 5.32 Å². The summed E-state index contributed by atoms with van der Waals surface area (Å²) < 4.78 is 1.79. The highest BCUT2D eigenvalue weighted by Crippen LogP contribution is 2.12. The van der Waals surface area contributed by atoms with Gasteiger partial charge in [-0.1, -0.05) is 37.3 Å². The highest BCUT2D eigenvalue weighted by atomic mass is 15.3. The van der Waals surface area contributed by atoms with Gasteiger partial charge in [0, 0.05) is 13.6 Å². The average Bonchev–Trinajstić information content (AvgIpc) is 2.76. The summed E-state index contributed by atoms with van der Waals surface area (Å²) in [5, 5.41) is 7.44. The van der Waals surface area contributed by atoms with Gasteiger partial charge in [0.05, 0.1) is 6.54 Å². The molecule has 0 saturated heterocycles. The Balaban J connectivity index is 1.81. The van der Waals surface area contributed by atoms with E-state index in [-0.39, 0.29) is 0 Å². The Kier molecular flexibility index (Phi) is 3.88. The van der Waals surface area contributed by atoms with Crippen LogP contribution in [0.15, 0.2) is 36.7 Å². The maximum Gasteiger partial charge on any atom is 0.140 e. The SMILES string of the molecule is CC(CNCc1ncnn1C)c1ccccc1. The van der Waals surface area contributed by atoms with E-state index in [0.29, 0.717) is 5.92 Å². The Bertz CT molecular complexity index is 449. The highest BCUT2D eigenvalue weighted by molar-refractivity contribution is 5.18. The van der Waals surface area contributed by atoms with E-state index in [1.54, 1.807) is 11.0 Å². The lowest BCUT2D eigenvalue weighted by molar-refractivity contribution is 0.576. The summed E-state index contributed by atoms with van der Waals surface area (Å²) in [6, 6.07) is 10.5. The van der Waals surface area contributed by atoms with Crippen LogP contribution in [0.2, 0.25) is 0 Å². The van der Waals surface area contributed by atoms with Crippen molar-refractivity contribution in [1.29, 1.82) is 0 Å². The fourth-order valence-corrected chi connectivity index (χ4v) is 1.78. The fourth-order valence-electron chi connectivity index (χ4n) is 1.78. The molecule has 0 radical (unpaired) electrons. The first-order valence-electron chi connectivity index (χ1n) is 5.86. The largest absolute Gasteiger partial charge is 0.309 e. The lowest BCUT2D eigenvalue weighted by Gasteiger charge is -2.12. The predicted molar refractivity (Wildman–Crippen MR) is 67.6 cm³/mol. The van der Waals surface area contributed by atoms with E-state index in [1.807, 2.05) is 13.1 Å². The van der Waals surface area contributed by atoms with Crippen molar-refractivity contribution in [1.82, 2.24) is 20.1 Å². The van der Waals surface area contributed by atoms with Gasteiger partial charge in [-0.15, -0.1) is 0 Å². The third-order valence-corrected chi connectivity index (χ3v) is 2.91. The van der Waals surface area contributed by atoms with Crippen molar-refractivity contribution >= 4 is 0 Å². The number of nitrogens with one attached hydrogen (secondary N) is 1. The van der Waals surface area contributed by atoms with Gasteiger partial charge in [0.25, 0.3) is 0 Å². The summed E-state index contributed by atoms with van der Waals surface area (Å²) in [6.07, 6.45) is 1.58. The number of rotatable bonds is 5. The van der Waals surface area contributed by atoms with Crippen molar-refractivity contribution < 1.29 is 0 Å². The molecule has 90 valence electrons. The molecule has 0 aliphatic heterocycles. The van der Waals surface area contributed by atoms with Crippen molar-refractivity contribution in [3.8, 4) is 0 Å². The molecule has 2 rings (SSSR count). The zero-order chi connectivity index (χ0) is 12.1. The Morgan fingerprint density at radius 1 is 1.29 bits per heavy atom. The lowest BCUT2D eigenvalue weighted by atomic mass is 10.0. The van der Waals surface area contributed by atoms with Gasteiger partial charge in [-0.25, -0.2) is 4.98 Å². The molecule has 0 fully saturated rings. The van der Waals surface area contributed by atoms with Crippen LogP contribution >= 0.6 is 0 Å². The standard InChI is InChI=1S/C13H18N4/c1-11(12-6-4-3-5-7-12)8-14-9-13-15-10-16-17(13)2/h3-7,10-11,14H,8-9H2,1-2H3. The molecule has 0 aliphatic rings. The number of nitrogens with zero attached hydrogens (tertiary/aromatic N) is 3. The average molecular weight is 230 g/mol. The highest BCUT2D eigenvalue weighted by Gasteiger charge is 2.05. The topological polar surface area (TPSA) is 42.7 Å². The van der Waals surface area contributed by atoms with Crippen molar-refractivity contribution in [2.24, 2.45) is 7.05 Å². The van der Waals surface area contributed by atoms with Gasteiger partial charge in [0.15, 0.2) is 0 Å². The molecule has 2 aromatic rings. The molecule has 1 aromatic heterocycles. The van der Waals surface area contributed by atoms with Crippen molar-refractivity contribution in [2.75, 3.05) is 6.54 Å². The molecule has 1 unspecified atom stereocenters. The van der Waals surface area contributed by atoms with Crippen LogP contribution in [0, 0.1) is 0 Å². The molecular formula is C13H18N4. The summed E-state index contributed by atoms with van der Waals surface area (Å²) in [4.78, 5) is 4.17. The van der Waals surface area contributed by atoms with E-state index < -0.39 is 0 Å². The first kappa shape index (κ1) is 11.8. The molecule has 0 aliphatic carbocycles. The number of aromatic nitrogens is 3. The number of hydrogen-bond donors (Lipinski definition) is 1. The minimum atomic E-state index is 0.504. The molecule has 1 N–H and O–H groups in total. The zero-order valence-electron chi connectivity index (χ0n) is 10.3. The minimum Gasteiger partial charge on any atom is -0.309 e. The fraction of sp³-hybridized carbons (Fsp3) is 0.385. The molecule has 1 aromatic carbocycles. The second kappa shape index (κ2) is 5.59. The summed E-state index contributed by atoms with van der Waals surface area (Å²) >= 11 is 0. The summed E-state index contributed by atoms with van der Waals surface area (Å²) in [5.41, 5.74) is 1.36. The molecule has 0 spiro atoms. The third kappa shape index (κ3) is 3.14. The maximum absolute atomic E-state index is 4.17. The van der Waals surface area contributed by atoms with E-state index in [1.165, 1.54) is 5.56 Å². The van der Waals surface area contributed by atoms with Crippen LogP contribution in [-0.4, -0.2) is 21.3 Å². The van der Waals surface area contributed by atoms with Crippen LogP contribution in [0.25, 0.3) is 0 Å². The molecule has 17 heavy (non-hydrogen) atoms. The van der Waals surface area contributed by atoms with Crippen LogP contribution in [0.4, 0.5) is 0 Å². The molecule has 0 amide bonds. The first-order chi connectivity index (χ1) is 8.27.